The summed E-state index contributed by atoms with van der Waals surface area (Å²) in [5, 5.41) is 6.46. The third kappa shape index (κ3) is 4.93. The molecule has 0 spiro atoms. The van der Waals surface area contributed by atoms with Crippen LogP contribution in [0.3, 0.4) is 0 Å². The predicted molar refractivity (Wildman–Crippen MR) is 140 cm³/mol. The van der Waals surface area contributed by atoms with Gasteiger partial charge in [0.25, 0.3) is 0 Å². The van der Waals surface area contributed by atoms with Crippen molar-refractivity contribution in [3.05, 3.63) is 59.2 Å². The minimum atomic E-state index is -3.78. The van der Waals surface area contributed by atoms with Gasteiger partial charge >= 0.3 is 0 Å². The van der Waals surface area contributed by atoms with Crippen molar-refractivity contribution in [3.8, 4) is 23.6 Å². The minimum absolute atomic E-state index is 0.131. The van der Waals surface area contributed by atoms with Crippen molar-refractivity contribution in [2.24, 2.45) is 0 Å². The molecule has 2 aromatic carbocycles. The van der Waals surface area contributed by atoms with Gasteiger partial charge in [-0.1, -0.05) is 36.8 Å². The van der Waals surface area contributed by atoms with E-state index in [2.05, 4.69) is 31.2 Å². The van der Waals surface area contributed by atoms with Crippen LogP contribution in [-0.4, -0.2) is 29.8 Å². The first kappa shape index (κ1) is 24.3. The predicted octanol–water partition coefficient (Wildman–Crippen LogP) is 4.65. The fourth-order valence-electron chi connectivity index (χ4n) is 4.62. The lowest BCUT2D eigenvalue weighted by molar-refractivity contribution is -0.115. The van der Waals surface area contributed by atoms with Crippen LogP contribution in [0.15, 0.2) is 53.6 Å². The van der Waals surface area contributed by atoms with Crippen molar-refractivity contribution in [3.63, 3.8) is 0 Å². The molecule has 5 rings (SSSR count). The van der Waals surface area contributed by atoms with Crippen molar-refractivity contribution in [1.82, 2.24) is 14.7 Å². The zero-order valence-corrected chi connectivity index (χ0v) is 20.9. The van der Waals surface area contributed by atoms with E-state index in [1.54, 1.807) is 36.5 Å². The van der Waals surface area contributed by atoms with E-state index in [0.29, 0.717) is 46.4 Å². The topological polar surface area (TPSA) is 113 Å². The van der Waals surface area contributed by atoms with Crippen LogP contribution in [0.4, 0.5) is 17.3 Å². The van der Waals surface area contributed by atoms with E-state index in [-0.39, 0.29) is 17.2 Å². The fourth-order valence-corrected chi connectivity index (χ4v) is 6.18. The number of carbonyl (C=O) groups is 1. The van der Waals surface area contributed by atoms with Crippen LogP contribution in [0.5, 0.6) is 0 Å². The molecule has 0 atom stereocenters. The zero-order chi connectivity index (χ0) is 25.3. The van der Waals surface area contributed by atoms with E-state index in [0.717, 1.165) is 24.8 Å². The number of benzene rings is 2. The van der Waals surface area contributed by atoms with Gasteiger partial charge in [0.15, 0.2) is 0 Å². The van der Waals surface area contributed by atoms with E-state index < -0.39 is 15.6 Å². The van der Waals surface area contributed by atoms with Crippen molar-refractivity contribution >= 4 is 44.9 Å². The zero-order valence-electron chi connectivity index (χ0n) is 19.3. The number of terminal acetylenes is 1. The molecule has 1 aromatic heterocycles. The number of rotatable bonds is 5. The van der Waals surface area contributed by atoms with Gasteiger partial charge in [-0.2, -0.15) is 4.72 Å². The number of fused-ring (bicyclic) bond motifs is 3. The third-order valence-corrected chi connectivity index (χ3v) is 8.25. The van der Waals surface area contributed by atoms with Gasteiger partial charge in [0.05, 0.1) is 28.2 Å². The largest absolute Gasteiger partial charge is 0.325 e. The second-order valence-electron chi connectivity index (χ2n) is 9.02. The SMILES string of the molecule is C#CC1(NS(=O)(=O)c2ccc(Nc3ncc4c(n3)-c3ccc(Cl)cc3NC(=O)C4)cc2)CCCCC1. The Morgan fingerprint density at radius 3 is 2.56 bits per heavy atom. The van der Waals surface area contributed by atoms with Crippen molar-refractivity contribution in [2.45, 2.75) is 49.0 Å². The van der Waals surface area contributed by atoms with Crippen LogP contribution < -0.4 is 15.4 Å². The Labute approximate surface area is 214 Å². The molecule has 8 nitrogen and oxygen atoms in total. The summed E-state index contributed by atoms with van der Waals surface area (Å²) in [5.41, 5.74) is 2.41. The lowest BCUT2D eigenvalue weighted by Gasteiger charge is -2.32. The van der Waals surface area contributed by atoms with Gasteiger partial charge in [0, 0.05) is 28.0 Å². The summed E-state index contributed by atoms with van der Waals surface area (Å²) in [6.07, 6.45) is 11.6. The first-order valence-corrected chi connectivity index (χ1v) is 13.5. The molecule has 1 amide bonds. The van der Waals surface area contributed by atoms with Crippen molar-refractivity contribution in [2.75, 3.05) is 10.6 Å². The number of anilines is 3. The maximum Gasteiger partial charge on any atom is 0.241 e. The Morgan fingerprint density at radius 2 is 1.83 bits per heavy atom. The Morgan fingerprint density at radius 1 is 1.08 bits per heavy atom. The molecule has 2 heterocycles. The van der Waals surface area contributed by atoms with E-state index in [9.17, 15) is 13.2 Å². The molecule has 36 heavy (non-hydrogen) atoms. The lowest BCUT2D eigenvalue weighted by Crippen LogP contribution is -2.48. The Bertz CT molecular complexity index is 1480. The summed E-state index contributed by atoms with van der Waals surface area (Å²) >= 11 is 6.11. The Balaban J connectivity index is 1.38. The van der Waals surface area contributed by atoms with E-state index in [1.807, 2.05) is 0 Å². The average Bonchev–Trinajstić information content (AvgIpc) is 2.99. The number of carbonyl (C=O) groups excluding carboxylic acids is 1. The second-order valence-corrected chi connectivity index (χ2v) is 11.1. The summed E-state index contributed by atoms with van der Waals surface area (Å²) < 4.78 is 28.7. The van der Waals surface area contributed by atoms with Gasteiger partial charge < -0.3 is 10.6 Å². The standard InChI is InChI=1S/C26H24ClN5O3S/c1-2-26(12-4-3-5-13-26)32-36(34,35)20-9-7-19(8-10-20)29-25-28-16-17-14-23(33)30-22-15-18(27)6-11-21(22)24(17)31-25/h1,6-11,15-16,32H,3-5,12-14H2,(H,30,33)(H,28,29,31). The highest BCUT2D eigenvalue weighted by atomic mass is 35.5. The molecule has 1 fully saturated rings. The second kappa shape index (κ2) is 9.54. The molecule has 1 aliphatic heterocycles. The number of hydrogen-bond donors (Lipinski definition) is 3. The Hall–Kier alpha value is -3.45. The van der Waals surface area contributed by atoms with Crippen molar-refractivity contribution in [1.29, 1.82) is 0 Å². The molecule has 3 aromatic rings. The third-order valence-electron chi connectivity index (χ3n) is 6.46. The molecule has 3 N–H and O–H groups in total. The van der Waals surface area contributed by atoms with Crippen molar-refractivity contribution < 1.29 is 13.2 Å². The summed E-state index contributed by atoms with van der Waals surface area (Å²) in [5.74, 6) is 2.81. The van der Waals surface area contributed by atoms with Gasteiger partial charge in [-0.05, 0) is 55.3 Å². The maximum absolute atomic E-state index is 13.0. The average molecular weight is 522 g/mol. The molecular weight excluding hydrogens is 498 g/mol. The number of halogens is 1. The van der Waals surface area contributed by atoms with Crippen LogP contribution >= 0.6 is 11.6 Å². The van der Waals surface area contributed by atoms with Crippen LogP contribution in [0.2, 0.25) is 5.02 Å². The summed E-state index contributed by atoms with van der Waals surface area (Å²) in [4.78, 5) is 21.4. The maximum atomic E-state index is 13.0. The minimum Gasteiger partial charge on any atom is -0.325 e. The molecule has 1 saturated carbocycles. The molecule has 0 radical (unpaired) electrons. The quantitative estimate of drug-likeness (QED) is 0.421. The normalized spacial score (nSPS) is 16.6. The molecule has 10 heteroatoms. The first-order valence-electron chi connectivity index (χ1n) is 11.6. The molecule has 0 bridgehead atoms. The summed E-state index contributed by atoms with van der Waals surface area (Å²) in [7, 11) is -3.78. The molecule has 0 unspecified atom stereocenters. The van der Waals surface area contributed by atoms with Gasteiger partial charge in [-0.3, -0.25) is 4.79 Å². The van der Waals surface area contributed by atoms with Crippen LogP contribution in [0.1, 0.15) is 37.7 Å². The Kier molecular flexibility index (Phi) is 6.43. The van der Waals surface area contributed by atoms with Gasteiger partial charge in [-0.25, -0.2) is 18.4 Å². The first-order chi connectivity index (χ1) is 17.3. The fraction of sp³-hybridized carbons (Fsp3) is 0.269. The van der Waals surface area contributed by atoms with E-state index >= 15 is 0 Å². The highest BCUT2D eigenvalue weighted by Crippen LogP contribution is 2.35. The number of sulfonamides is 1. The van der Waals surface area contributed by atoms with Gasteiger partial charge in [0.1, 0.15) is 0 Å². The number of aromatic nitrogens is 2. The number of nitrogens with one attached hydrogen (secondary N) is 3. The monoisotopic (exact) mass is 521 g/mol. The van der Waals surface area contributed by atoms with Crippen LogP contribution in [-0.2, 0) is 21.2 Å². The highest BCUT2D eigenvalue weighted by molar-refractivity contribution is 7.89. The number of amides is 1. The molecule has 2 aliphatic rings. The smallest absolute Gasteiger partial charge is 0.241 e. The highest BCUT2D eigenvalue weighted by Gasteiger charge is 2.34. The van der Waals surface area contributed by atoms with Crippen LogP contribution in [0, 0.1) is 12.3 Å². The molecule has 1 aliphatic carbocycles. The molecule has 184 valence electrons. The van der Waals surface area contributed by atoms with Gasteiger partial charge in [0.2, 0.25) is 21.9 Å². The summed E-state index contributed by atoms with van der Waals surface area (Å²) in [6.45, 7) is 0. The molecular formula is C26H24ClN5O3S. The lowest BCUT2D eigenvalue weighted by atomic mass is 9.83. The van der Waals surface area contributed by atoms with Gasteiger partial charge in [-0.15, -0.1) is 6.42 Å². The van der Waals surface area contributed by atoms with Crippen LogP contribution in [0.25, 0.3) is 11.3 Å². The number of hydrogen-bond acceptors (Lipinski definition) is 6. The molecule has 0 saturated heterocycles. The van der Waals surface area contributed by atoms with E-state index in [4.69, 9.17) is 18.0 Å². The number of nitrogens with zero attached hydrogens (tertiary/aromatic N) is 2. The summed E-state index contributed by atoms with van der Waals surface area (Å²) in [6, 6.07) is 11.5. The van der Waals surface area contributed by atoms with E-state index in [1.165, 1.54) is 12.1 Å².